The molecule has 1 aliphatic rings. The molecule has 0 aromatic heterocycles. The van der Waals surface area contributed by atoms with Crippen molar-refractivity contribution in [2.45, 2.75) is 45.1 Å². The molecule has 1 aromatic carbocycles. The summed E-state index contributed by atoms with van der Waals surface area (Å²) < 4.78 is 0. The summed E-state index contributed by atoms with van der Waals surface area (Å²) in [5.41, 5.74) is 7.97. The lowest BCUT2D eigenvalue weighted by atomic mass is 9.98. The van der Waals surface area contributed by atoms with Gasteiger partial charge in [-0.1, -0.05) is 19.8 Å². The van der Waals surface area contributed by atoms with E-state index in [-0.39, 0.29) is 11.5 Å². The number of benzene rings is 1. The molecule has 1 heterocycles. The lowest BCUT2D eigenvalue weighted by Gasteiger charge is -2.31. The second-order valence-corrected chi connectivity index (χ2v) is 5.49. The Kier molecular flexibility index (Phi) is 4.96. The fourth-order valence-electron chi connectivity index (χ4n) is 2.71. The van der Waals surface area contributed by atoms with Gasteiger partial charge in [0.25, 0.3) is 0 Å². The maximum Gasteiger partial charge on any atom is 0.335 e. The van der Waals surface area contributed by atoms with Crippen LogP contribution in [0.1, 0.15) is 48.5 Å². The number of aromatic carboxylic acids is 1. The van der Waals surface area contributed by atoms with Gasteiger partial charge in [-0.15, -0.1) is 0 Å². The van der Waals surface area contributed by atoms with Gasteiger partial charge in [0.05, 0.1) is 11.6 Å². The molecule has 1 aromatic rings. The van der Waals surface area contributed by atoms with Crippen LogP contribution < -0.4 is 10.6 Å². The first-order valence-electron chi connectivity index (χ1n) is 7.47. The zero-order valence-electron chi connectivity index (χ0n) is 12.3. The number of hydrogen-bond donors (Lipinski definition) is 2. The van der Waals surface area contributed by atoms with Crippen molar-refractivity contribution in [2.24, 2.45) is 5.73 Å². The number of nitrogens with zero attached hydrogens (tertiary/aromatic N) is 1. The van der Waals surface area contributed by atoms with Crippen LogP contribution in [0.25, 0.3) is 0 Å². The number of carboxylic acids is 1. The molecule has 21 heavy (non-hydrogen) atoms. The molecule has 114 valence electrons. The number of fused-ring (bicyclic) bond motifs is 1. The Hall–Kier alpha value is -1.88. The molecule has 1 atom stereocenters. The average molecular weight is 290 g/mol. The second-order valence-electron chi connectivity index (χ2n) is 5.49. The van der Waals surface area contributed by atoms with Gasteiger partial charge in [-0.2, -0.15) is 0 Å². The predicted molar refractivity (Wildman–Crippen MR) is 81.6 cm³/mol. The molecule has 2 rings (SSSR count). The average Bonchev–Trinajstić information content (AvgIpc) is 2.50. The number of unbranched alkanes of at least 4 members (excludes halogenated alkanes) is 1. The number of hydrogen-bond acceptors (Lipinski definition) is 3. The van der Waals surface area contributed by atoms with E-state index in [0.717, 1.165) is 36.9 Å². The quantitative estimate of drug-likeness (QED) is 0.870. The summed E-state index contributed by atoms with van der Waals surface area (Å²) in [5, 5.41) is 9.05. The van der Waals surface area contributed by atoms with E-state index in [1.807, 2.05) is 0 Å². The van der Waals surface area contributed by atoms with E-state index < -0.39 is 12.0 Å². The van der Waals surface area contributed by atoms with E-state index in [2.05, 4.69) is 6.92 Å². The molecule has 0 aliphatic carbocycles. The molecule has 0 saturated carbocycles. The molecule has 0 radical (unpaired) electrons. The summed E-state index contributed by atoms with van der Waals surface area (Å²) in [6.45, 7) is 2.72. The minimum absolute atomic E-state index is 0.0625. The third kappa shape index (κ3) is 3.42. The first-order valence-corrected chi connectivity index (χ1v) is 7.47. The van der Waals surface area contributed by atoms with Gasteiger partial charge in [-0.3, -0.25) is 4.79 Å². The number of carboxylic acid groups (broad SMARTS) is 1. The summed E-state index contributed by atoms with van der Waals surface area (Å²) in [6.07, 6.45) is 4.27. The molecule has 0 saturated heterocycles. The fourth-order valence-corrected chi connectivity index (χ4v) is 2.71. The highest BCUT2D eigenvalue weighted by Crippen LogP contribution is 2.28. The van der Waals surface area contributed by atoms with E-state index in [9.17, 15) is 9.59 Å². The Morgan fingerprint density at radius 3 is 2.86 bits per heavy atom. The fraction of sp³-hybridized carbons (Fsp3) is 0.500. The molecule has 1 aliphatic heterocycles. The minimum Gasteiger partial charge on any atom is -0.478 e. The SMILES string of the molecule is CCCC[C@H](N)C(=O)N1CCCc2cc(C(=O)O)ccc21. The molecule has 1 amide bonds. The molecule has 3 N–H and O–H groups in total. The van der Waals surface area contributed by atoms with Gasteiger partial charge in [-0.25, -0.2) is 4.79 Å². The van der Waals surface area contributed by atoms with Crippen LogP contribution in [0, 0.1) is 0 Å². The summed E-state index contributed by atoms with van der Waals surface area (Å²) in [7, 11) is 0. The third-order valence-electron chi connectivity index (χ3n) is 3.90. The van der Waals surface area contributed by atoms with E-state index in [0.29, 0.717) is 13.0 Å². The Morgan fingerprint density at radius 1 is 1.43 bits per heavy atom. The lowest BCUT2D eigenvalue weighted by molar-refractivity contribution is -0.120. The summed E-state index contributed by atoms with van der Waals surface area (Å²) >= 11 is 0. The molecule has 0 bridgehead atoms. The largest absolute Gasteiger partial charge is 0.478 e. The van der Waals surface area contributed by atoms with Crippen LogP contribution in [-0.4, -0.2) is 29.6 Å². The number of carbonyl (C=O) groups excluding carboxylic acids is 1. The second kappa shape index (κ2) is 6.72. The first kappa shape index (κ1) is 15.5. The maximum absolute atomic E-state index is 12.5. The van der Waals surface area contributed by atoms with Crippen LogP contribution >= 0.6 is 0 Å². The van der Waals surface area contributed by atoms with Gasteiger partial charge < -0.3 is 15.7 Å². The Bertz CT molecular complexity index is 542. The van der Waals surface area contributed by atoms with Crippen LogP contribution in [0.15, 0.2) is 18.2 Å². The Labute approximate surface area is 124 Å². The number of aryl methyl sites for hydroxylation is 1. The van der Waals surface area contributed by atoms with E-state index in [1.165, 1.54) is 0 Å². The Balaban J connectivity index is 2.21. The zero-order valence-corrected chi connectivity index (χ0v) is 12.3. The molecule has 0 fully saturated rings. The highest BCUT2D eigenvalue weighted by molar-refractivity contribution is 5.99. The standard InChI is InChI=1S/C16H22N2O3/c1-2-3-6-13(17)15(19)18-9-4-5-11-10-12(16(20)21)7-8-14(11)18/h7-8,10,13H,2-6,9,17H2,1H3,(H,20,21)/t13-/m0/s1. The highest BCUT2D eigenvalue weighted by Gasteiger charge is 2.26. The molecule has 5 nitrogen and oxygen atoms in total. The molecular formula is C16H22N2O3. The highest BCUT2D eigenvalue weighted by atomic mass is 16.4. The number of anilines is 1. The van der Waals surface area contributed by atoms with Crippen LogP contribution in [0.4, 0.5) is 5.69 Å². The summed E-state index contributed by atoms with van der Waals surface area (Å²) in [6, 6.07) is 4.46. The van der Waals surface area contributed by atoms with Crippen molar-refractivity contribution in [1.82, 2.24) is 0 Å². The lowest BCUT2D eigenvalue weighted by Crippen LogP contribution is -2.46. The van der Waals surface area contributed by atoms with E-state index >= 15 is 0 Å². The maximum atomic E-state index is 12.5. The van der Waals surface area contributed by atoms with Crippen molar-refractivity contribution in [3.8, 4) is 0 Å². The summed E-state index contributed by atoms with van der Waals surface area (Å²) in [4.78, 5) is 25.2. The van der Waals surface area contributed by atoms with E-state index in [1.54, 1.807) is 23.1 Å². The minimum atomic E-state index is -0.944. The van der Waals surface area contributed by atoms with Crippen LogP contribution in [-0.2, 0) is 11.2 Å². The van der Waals surface area contributed by atoms with Crippen molar-refractivity contribution in [1.29, 1.82) is 0 Å². The number of rotatable bonds is 5. The Morgan fingerprint density at radius 2 is 2.19 bits per heavy atom. The van der Waals surface area contributed by atoms with Crippen molar-refractivity contribution >= 4 is 17.6 Å². The zero-order chi connectivity index (χ0) is 15.4. The molecule has 0 unspecified atom stereocenters. The molecule has 5 heteroatoms. The van der Waals surface area contributed by atoms with Crippen molar-refractivity contribution < 1.29 is 14.7 Å². The van der Waals surface area contributed by atoms with Gasteiger partial charge in [0.2, 0.25) is 5.91 Å². The van der Waals surface area contributed by atoms with Crippen LogP contribution in [0.5, 0.6) is 0 Å². The predicted octanol–water partition coefficient (Wildman–Crippen LogP) is 2.18. The topological polar surface area (TPSA) is 83.6 Å². The van der Waals surface area contributed by atoms with E-state index in [4.69, 9.17) is 10.8 Å². The molecular weight excluding hydrogens is 268 g/mol. The number of nitrogens with two attached hydrogens (primary N) is 1. The van der Waals surface area contributed by atoms with Gasteiger partial charge in [-0.05, 0) is 43.0 Å². The smallest absolute Gasteiger partial charge is 0.335 e. The number of carbonyl (C=O) groups is 2. The van der Waals surface area contributed by atoms with Gasteiger partial charge in [0, 0.05) is 12.2 Å². The molecule has 0 spiro atoms. The van der Waals surface area contributed by atoms with Crippen molar-refractivity contribution in [2.75, 3.05) is 11.4 Å². The van der Waals surface area contributed by atoms with Gasteiger partial charge in [0.1, 0.15) is 0 Å². The van der Waals surface area contributed by atoms with Gasteiger partial charge in [0.15, 0.2) is 0 Å². The first-order chi connectivity index (χ1) is 10.0. The van der Waals surface area contributed by atoms with Crippen molar-refractivity contribution in [3.63, 3.8) is 0 Å². The monoisotopic (exact) mass is 290 g/mol. The van der Waals surface area contributed by atoms with Crippen LogP contribution in [0.3, 0.4) is 0 Å². The van der Waals surface area contributed by atoms with Crippen molar-refractivity contribution in [3.05, 3.63) is 29.3 Å². The van der Waals surface area contributed by atoms with Crippen LogP contribution in [0.2, 0.25) is 0 Å². The number of amides is 1. The summed E-state index contributed by atoms with van der Waals surface area (Å²) in [5.74, 6) is -1.01. The van der Waals surface area contributed by atoms with Gasteiger partial charge >= 0.3 is 5.97 Å². The third-order valence-corrected chi connectivity index (χ3v) is 3.90. The normalized spacial score (nSPS) is 15.4.